The van der Waals surface area contributed by atoms with Crippen LogP contribution < -0.4 is 23.8 Å². The number of hydrogen-bond acceptors (Lipinski definition) is 6. The van der Waals surface area contributed by atoms with Gasteiger partial charge in [0.2, 0.25) is 0 Å². The zero-order valence-corrected chi connectivity index (χ0v) is 33.0. The van der Waals surface area contributed by atoms with Gasteiger partial charge in [0.25, 0.3) is 0 Å². The molecular formula is C49H51NO5. The van der Waals surface area contributed by atoms with Crippen molar-refractivity contribution in [2.75, 3.05) is 52.0 Å². The van der Waals surface area contributed by atoms with Gasteiger partial charge in [-0.1, -0.05) is 82.3 Å². The summed E-state index contributed by atoms with van der Waals surface area (Å²) in [7, 11) is 3.46. The third kappa shape index (κ3) is 5.16. The molecule has 1 spiro atoms. The maximum Gasteiger partial charge on any atom is 0.178 e. The molecule has 1 unspecified atom stereocenters. The fourth-order valence-corrected chi connectivity index (χ4v) is 11.7. The molecule has 2 fully saturated rings. The summed E-state index contributed by atoms with van der Waals surface area (Å²) in [5.74, 6) is 3.34. The molecule has 1 saturated heterocycles. The molecule has 3 aliphatic heterocycles. The monoisotopic (exact) mass is 733 g/mol. The van der Waals surface area contributed by atoms with Gasteiger partial charge in [-0.2, -0.15) is 0 Å². The summed E-state index contributed by atoms with van der Waals surface area (Å²) in [6.45, 7) is 13.8. The lowest BCUT2D eigenvalue weighted by Crippen LogP contribution is -2.44. The number of anilines is 1. The average molecular weight is 734 g/mol. The van der Waals surface area contributed by atoms with E-state index in [2.05, 4.69) is 111 Å². The Balaban J connectivity index is 1.27. The molecule has 5 aliphatic rings. The highest BCUT2D eigenvalue weighted by molar-refractivity contribution is 6.11. The molecular weight excluding hydrogens is 683 g/mol. The number of fused-ring (bicyclic) bond motifs is 12. The normalized spacial score (nSPS) is 22.3. The molecule has 1 atom stereocenters. The quantitative estimate of drug-likeness (QED) is 0.179. The van der Waals surface area contributed by atoms with Crippen molar-refractivity contribution >= 4 is 22.5 Å². The first-order chi connectivity index (χ1) is 26.6. The summed E-state index contributed by atoms with van der Waals surface area (Å²) in [6.07, 6.45) is 8.86. The maximum atomic E-state index is 7.83. The van der Waals surface area contributed by atoms with E-state index in [4.69, 9.17) is 23.7 Å². The Bertz CT molecular complexity index is 2350. The first kappa shape index (κ1) is 34.5. The molecule has 0 aromatic heterocycles. The molecule has 3 heterocycles. The van der Waals surface area contributed by atoms with Crippen molar-refractivity contribution in [3.8, 4) is 34.1 Å². The van der Waals surface area contributed by atoms with Crippen LogP contribution in [0.5, 0.6) is 23.0 Å². The van der Waals surface area contributed by atoms with Gasteiger partial charge in [-0.3, -0.25) is 0 Å². The summed E-state index contributed by atoms with van der Waals surface area (Å²) >= 11 is 0. The van der Waals surface area contributed by atoms with Crippen molar-refractivity contribution in [2.24, 2.45) is 10.8 Å². The zero-order chi connectivity index (χ0) is 37.7. The minimum absolute atomic E-state index is 0.137. The fourth-order valence-electron chi connectivity index (χ4n) is 11.7. The maximum absolute atomic E-state index is 7.83. The lowest BCUT2D eigenvalue weighted by atomic mass is 9.52. The number of hydrogen-bond donors (Lipinski definition) is 0. The molecule has 5 aromatic carbocycles. The van der Waals surface area contributed by atoms with Crippen LogP contribution in [-0.4, -0.2) is 47.1 Å². The number of nitrogens with zero attached hydrogens (tertiary/aromatic N) is 1. The fraction of sp³-hybridized carbons (Fsp3) is 0.388. The second kappa shape index (κ2) is 12.3. The first-order valence-corrected chi connectivity index (χ1v) is 20.0. The van der Waals surface area contributed by atoms with Crippen molar-refractivity contribution in [1.82, 2.24) is 0 Å². The minimum atomic E-state index is -0.906. The number of methoxy groups -OCH3 is 2. The van der Waals surface area contributed by atoms with E-state index in [1.165, 1.54) is 50.9 Å². The summed E-state index contributed by atoms with van der Waals surface area (Å²) in [4.78, 5) is 2.40. The standard InChI is InChI=1S/C49H51NO5/c1-46(2)28-47(3,4)30-48(29-46)39-10-8-7-9-35(39)42-41-36-20-24-54-45(36)40(52-6)27-38(41)44-37(43(42)48)19-21-49(55-44,32-13-17-34(51-5)18-14-32)31-11-15-33(16-12-31)50-22-25-53-26-23-50/h7-19,21,27H,20,22-26,28-30H2,1-6H3. The van der Waals surface area contributed by atoms with Crippen LogP contribution in [0.25, 0.3) is 28.0 Å². The van der Waals surface area contributed by atoms with E-state index in [9.17, 15) is 0 Å². The smallest absolute Gasteiger partial charge is 0.178 e. The van der Waals surface area contributed by atoms with Crippen LogP contribution in [0.3, 0.4) is 0 Å². The Hall–Kier alpha value is -4.94. The van der Waals surface area contributed by atoms with Gasteiger partial charge in [-0.25, -0.2) is 0 Å². The van der Waals surface area contributed by atoms with Crippen LogP contribution in [0.4, 0.5) is 5.69 Å². The lowest BCUT2D eigenvalue weighted by molar-refractivity contribution is 0.0642. The van der Waals surface area contributed by atoms with Crippen LogP contribution in [0.15, 0.2) is 84.9 Å². The Labute approximate surface area is 325 Å². The largest absolute Gasteiger partial charge is 0.497 e. The van der Waals surface area contributed by atoms with Gasteiger partial charge in [0, 0.05) is 63.6 Å². The van der Waals surface area contributed by atoms with Gasteiger partial charge < -0.3 is 28.6 Å². The van der Waals surface area contributed by atoms with Crippen molar-refractivity contribution in [2.45, 2.75) is 64.4 Å². The molecule has 0 bridgehead atoms. The van der Waals surface area contributed by atoms with Crippen molar-refractivity contribution in [3.63, 3.8) is 0 Å². The summed E-state index contributed by atoms with van der Waals surface area (Å²) < 4.78 is 31.6. The topological polar surface area (TPSA) is 49.4 Å². The molecule has 0 amide bonds. The van der Waals surface area contributed by atoms with E-state index in [-0.39, 0.29) is 16.2 Å². The predicted octanol–water partition coefficient (Wildman–Crippen LogP) is 10.5. The van der Waals surface area contributed by atoms with E-state index in [0.717, 1.165) is 85.1 Å². The third-order valence-corrected chi connectivity index (χ3v) is 13.1. The van der Waals surface area contributed by atoms with Crippen LogP contribution in [0.1, 0.15) is 80.3 Å². The van der Waals surface area contributed by atoms with E-state index < -0.39 is 5.60 Å². The number of morpholine rings is 1. The predicted molar refractivity (Wildman–Crippen MR) is 220 cm³/mol. The first-order valence-electron chi connectivity index (χ1n) is 20.0. The summed E-state index contributed by atoms with van der Waals surface area (Å²) in [5, 5.41) is 2.32. The molecule has 1 saturated carbocycles. The Morgan fingerprint density at radius 1 is 0.727 bits per heavy atom. The van der Waals surface area contributed by atoms with Gasteiger partial charge in [-0.05, 0) is 88.8 Å². The molecule has 2 aliphatic carbocycles. The van der Waals surface area contributed by atoms with Crippen molar-refractivity contribution < 1.29 is 23.7 Å². The third-order valence-electron chi connectivity index (χ3n) is 13.1. The zero-order valence-electron chi connectivity index (χ0n) is 33.0. The van der Waals surface area contributed by atoms with E-state index in [1.807, 2.05) is 12.1 Å². The second-order valence-corrected chi connectivity index (χ2v) is 17.9. The Morgan fingerprint density at radius 2 is 1.42 bits per heavy atom. The Kier molecular flexibility index (Phi) is 7.71. The van der Waals surface area contributed by atoms with Gasteiger partial charge >= 0.3 is 0 Å². The molecule has 5 aromatic rings. The summed E-state index contributed by atoms with van der Waals surface area (Å²) in [6, 6.07) is 28.8. The minimum Gasteiger partial charge on any atom is -0.497 e. The summed E-state index contributed by atoms with van der Waals surface area (Å²) in [5.41, 5.74) is 10.4. The number of rotatable bonds is 5. The van der Waals surface area contributed by atoms with E-state index in [0.29, 0.717) is 6.61 Å². The molecule has 0 N–H and O–H groups in total. The van der Waals surface area contributed by atoms with Crippen LogP contribution in [0, 0.1) is 10.8 Å². The highest BCUT2D eigenvalue weighted by Gasteiger charge is 2.56. The molecule has 10 rings (SSSR count). The van der Waals surface area contributed by atoms with Crippen molar-refractivity contribution in [3.05, 3.63) is 118 Å². The van der Waals surface area contributed by atoms with E-state index in [1.54, 1.807) is 14.2 Å². The molecule has 6 heteroatoms. The Morgan fingerprint density at radius 3 is 2.11 bits per heavy atom. The van der Waals surface area contributed by atoms with Crippen LogP contribution in [-0.2, 0) is 22.2 Å². The van der Waals surface area contributed by atoms with Gasteiger partial charge in [0.15, 0.2) is 17.1 Å². The lowest BCUT2D eigenvalue weighted by Gasteiger charge is -2.52. The van der Waals surface area contributed by atoms with Crippen LogP contribution in [0.2, 0.25) is 0 Å². The van der Waals surface area contributed by atoms with Gasteiger partial charge in [-0.15, -0.1) is 0 Å². The molecule has 282 valence electrons. The second-order valence-electron chi connectivity index (χ2n) is 17.9. The molecule has 0 radical (unpaired) electrons. The highest BCUT2D eigenvalue weighted by atomic mass is 16.5. The van der Waals surface area contributed by atoms with Gasteiger partial charge in [0.05, 0.1) is 34.0 Å². The number of ether oxygens (including phenoxy) is 5. The van der Waals surface area contributed by atoms with E-state index >= 15 is 0 Å². The van der Waals surface area contributed by atoms with Crippen LogP contribution >= 0.6 is 0 Å². The molecule has 55 heavy (non-hydrogen) atoms. The van der Waals surface area contributed by atoms with Crippen molar-refractivity contribution in [1.29, 1.82) is 0 Å². The molecule has 6 nitrogen and oxygen atoms in total. The average Bonchev–Trinajstić information content (AvgIpc) is 3.78. The van der Waals surface area contributed by atoms with Gasteiger partial charge in [0.1, 0.15) is 11.5 Å². The SMILES string of the molecule is COc1ccc(C2(c3ccc(N4CCOCC4)cc3)C=Cc3c4c(c5c6c(c(OC)cc5c3O2)OCC6)-c2ccccc2C42CC(C)(C)CC(C)(C)C2)cc1. The highest BCUT2D eigenvalue weighted by Crippen LogP contribution is 2.67. The number of benzene rings is 5.